The molecule has 0 spiro atoms. The van der Waals surface area contributed by atoms with E-state index in [0.29, 0.717) is 29.4 Å². The van der Waals surface area contributed by atoms with Crippen LogP contribution in [0.5, 0.6) is 5.75 Å². The third-order valence-corrected chi connectivity index (χ3v) is 7.53. The van der Waals surface area contributed by atoms with Gasteiger partial charge in [0, 0.05) is 35.3 Å². The first-order valence-corrected chi connectivity index (χ1v) is 12.8. The molecule has 2 aromatic carbocycles. The second kappa shape index (κ2) is 10.1. The van der Waals surface area contributed by atoms with Gasteiger partial charge in [-0.05, 0) is 62.6 Å². The molecule has 2 bridgehead atoms. The summed E-state index contributed by atoms with van der Waals surface area (Å²) in [6, 6.07) is 14.7. The Hall–Kier alpha value is -3.98. The zero-order valence-electron chi connectivity index (χ0n) is 20.9. The highest BCUT2D eigenvalue weighted by molar-refractivity contribution is 5.58. The number of hydrogen-bond acceptors (Lipinski definition) is 6. The Bertz CT molecular complexity index is 1490. The highest BCUT2D eigenvalue weighted by Crippen LogP contribution is 2.35. The number of rotatable bonds is 6. The average Bonchev–Trinajstić information content (AvgIpc) is 3.10. The van der Waals surface area contributed by atoms with E-state index in [1.165, 1.54) is 41.8 Å². The van der Waals surface area contributed by atoms with Crippen molar-refractivity contribution >= 4 is 0 Å². The molecular formula is C29H27F2N5O2. The lowest BCUT2D eigenvalue weighted by Gasteiger charge is -2.36. The van der Waals surface area contributed by atoms with Crippen LogP contribution in [0.1, 0.15) is 31.2 Å². The SMILES string of the molecule is CN1C2CCC1CC(Oc1cnc(-c3cccc(Cn4nc(-c5cc(F)cc(F)c5)ccc4=O)c3)nc1)C2. The molecule has 38 heavy (non-hydrogen) atoms. The van der Waals surface area contributed by atoms with E-state index in [9.17, 15) is 13.6 Å². The minimum absolute atomic E-state index is 0.179. The van der Waals surface area contributed by atoms with Gasteiger partial charge in [-0.3, -0.25) is 4.79 Å². The van der Waals surface area contributed by atoms with Crippen molar-refractivity contribution in [3.05, 3.63) is 94.5 Å². The minimum atomic E-state index is -0.706. The maximum absolute atomic E-state index is 13.7. The van der Waals surface area contributed by atoms with Gasteiger partial charge < -0.3 is 9.64 Å². The number of hydrogen-bond donors (Lipinski definition) is 0. The van der Waals surface area contributed by atoms with E-state index in [1.807, 2.05) is 24.3 Å². The Morgan fingerprint density at radius 3 is 2.34 bits per heavy atom. The van der Waals surface area contributed by atoms with Gasteiger partial charge in [-0.15, -0.1) is 0 Å². The fraction of sp³-hybridized carbons (Fsp3) is 0.310. The Morgan fingerprint density at radius 2 is 1.63 bits per heavy atom. The zero-order valence-corrected chi connectivity index (χ0v) is 20.9. The molecule has 9 heteroatoms. The molecule has 7 nitrogen and oxygen atoms in total. The van der Waals surface area contributed by atoms with Gasteiger partial charge in [-0.2, -0.15) is 5.10 Å². The Morgan fingerprint density at radius 1 is 0.921 bits per heavy atom. The van der Waals surface area contributed by atoms with Gasteiger partial charge in [-0.25, -0.2) is 23.4 Å². The number of nitrogens with zero attached hydrogens (tertiary/aromatic N) is 5. The summed E-state index contributed by atoms with van der Waals surface area (Å²) in [5, 5.41) is 4.33. The number of benzene rings is 2. The van der Waals surface area contributed by atoms with Crippen molar-refractivity contribution in [3.8, 4) is 28.4 Å². The Labute approximate surface area is 218 Å². The second-order valence-corrected chi connectivity index (χ2v) is 10.1. The van der Waals surface area contributed by atoms with Gasteiger partial charge >= 0.3 is 0 Å². The molecule has 0 N–H and O–H groups in total. The fourth-order valence-electron chi connectivity index (χ4n) is 5.58. The summed E-state index contributed by atoms with van der Waals surface area (Å²) >= 11 is 0. The Kier molecular flexibility index (Phi) is 6.45. The van der Waals surface area contributed by atoms with Gasteiger partial charge in [0.25, 0.3) is 5.56 Å². The average molecular weight is 516 g/mol. The second-order valence-electron chi connectivity index (χ2n) is 10.1. The predicted octanol–water partition coefficient (Wildman–Crippen LogP) is 4.70. The first-order chi connectivity index (χ1) is 18.4. The van der Waals surface area contributed by atoms with Crippen LogP contribution < -0.4 is 10.3 Å². The van der Waals surface area contributed by atoms with E-state index < -0.39 is 11.6 Å². The minimum Gasteiger partial charge on any atom is -0.487 e. The standard InChI is InChI=1S/C29H27F2N5O2/c1-35-23-5-6-24(35)14-25(13-23)38-26-15-32-29(33-16-26)19-4-2-3-18(9-19)17-36-28(37)8-7-27(34-36)20-10-21(30)12-22(31)11-20/h2-4,7-12,15-16,23-25H,5-6,13-14,17H2,1H3. The first kappa shape index (κ1) is 24.4. The van der Waals surface area contributed by atoms with Gasteiger partial charge in [0.2, 0.25) is 0 Å². The van der Waals surface area contributed by atoms with E-state index in [2.05, 4.69) is 27.0 Å². The molecule has 2 aliphatic heterocycles. The highest BCUT2D eigenvalue weighted by atomic mass is 19.1. The molecule has 2 atom stereocenters. The molecule has 0 amide bonds. The topological polar surface area (TPSA) is 73.1 Å². The van der Waals surface area contributed by atoms with Crippen LogP contribution in [0.3, 0.4) is 0 Å². The summed E-state index contributed by atoms with van der Waals surface area (Å²) in [6.45, 7) is 0.179. The van der Waals surface area contributed by atoms with E-state index in [-0.39, 0.29) is 23.8 Å². The molecule has 4 heterocycles. The maximum atomic E-state index is 13.7. The van der Waals surface area contributed by atoms with Crippen molar-refractivity contribution < 1.29 is 13.5 Å². The third-order valence-electron chi connectivity index (χ3n) is 7.53. The molecule has 0 aliphatic carbocycles. The molecule has 4 aromatic rings. The van der Waals surface area contributed by atoms with Crippen molar-refractivity contribution in [3.63, 3.8) is 0 Å². The van der Waals surface area contributed by atoms with E-state index >= 15 is 0 Å². The monoisotopic (exact) mass is 515 g/mol. The van der Waals surface area contributed by atoms with E-state index in [4.69, 9.17) is 4.74 Å². The van der Waals surface area contributed by atoms with Crippen LogP contribution in [0.15, 0.2) is 71.8 Å². The van der Waals surface area contributed by atoms with E-state index in [1.54, 1.807) is 12.4 Å². The fourth-order valence-corrected chi connectivity index (χ4v) is 5.58. The van der Waals surface area contributed by atoms with Crippen LogP contribution in [0.2, 0.25) is 0 Å². The molecule has 2 fully saturated rings. The molecule has 2 aliphatic rings. The molecule has 6 rings (SSSR count). The molecule has 194 valence electrons. The first-order valence-electron chi connectivity index (χ1n) is 12.8. The quantitative estimate of drug-likeness (QED) is 0.371. The largest absolute Gasteiger partial charge is 0.487 e. The zero-order chi connectivity index (χ0) is 26.2. The number of piperidine rings is 1. The van der Waals surface area contributed by atoms with Crippen molar-refractivity contribution in [1.29, 1.82) is 0 Å². The molecule has 2 aromatic heterocycles. The summed E-state index contributed by atoms with van der Waals surface area (Å²) < 4.78 is 34.8. The van der Waals surface area contributed by atoms with Crippen LogP contribution in [0.25, 0.3) is 22.6 Å². The summed E-state index contributed by atoms with van der Waals surface area (Å²) in [5.74, 6) is -0.198. The molecule has 2 unspecified atom stereocenters. The normalized spacial score (nSPS) is 21.0. The van der Waals surface area contributed by atoms with Crippen LogP contribution in [-0.2, 0) is 6.54 Å². The predicted molar refractivity (Wildman–Crippen MR) is 139 cm³/mol. The number of ether oxygens (including phenoxy) is 1. The molecule has 0 radical (unpaired) electrons. The van der Waals surface area contributed by atoms with Crippen LogP contribution in [0.4, 0.5) is 8.78 Å². The van der Waals surface area contributed by atoms with Gasteiger partial charge in [0.05, 0.1) is 24.6 Å². The van der Waals surface area contributed by atoms with Crippen molar-refractivity contribution in [1.82, 2.24) is 24.6 Å². The smallest absolute Gasteiger partial charge is 0.267 e. The third kappa shape index (κ3) is 5.06. The van der Waals surface area contributed by atoms with Gasteiger partial charge in [0.1, 0.15) is 17.7 Å². The van der Waals surface area contributed by atoms with Gasteiger partial charge in [0.15, 0.2) is 11.6 Å². The summed E-state index contributed by atoms with van der Waals surface area (Å²) in [5.41, 5.74) is 1.84. The van der Waals surface area contributed by atoms with Crippen molar-refractivity contribution in [2.75, 3.05) is 7.05 Å². The van der Waals surface area contributed by atoms with Crippen LogP contribution in [-0.4, -0.2) is 49.9 Å². The summed E-state index contributed by atoms with van der Waals surface area (Å²) in [4.78, 5) is 24.0. The lowest BCUT2D eigenvalue weighted by molar-refractivity contribution is 0.0657. The maximum Gasteiger partial charge on any atom is 0.267 e. The van der Waals surface area contributed by atoms with Crippen LogP contribution >= 0.6 is 0 Å². The van der Waals surface area contributed by atoms with Crippen molar-refractivity contribution in [2.24, 2.45) is 0 Å². The van der Waals surface area contributed by atoms with Crippen molar-refractivity contribution in [2.45, 2.75) is 50.4 Å². The molecular weight excluding hydrogens is 488 g/mol. The lowest BCUT2D eigenvalue weighted by Crippen LogP contribution is -2.43. The Balaban J connectivity index is 1.17. The summed E-state index contributed by atoms with van der Waals surface area (Å²) in [7, 11) is 2.21. The summed E-state index contributed by atoms with van der Waals surface area (Å²) in [6.07, 6.45) is 8.14. The van der Waals surface area contributed by atoms with Gasteiger partial charge in [-0.1, -0.05) is 18.2 Å². The molecule has 0 saturated carbocycles. The highest BCUT2D eigenvalue weighted by Gasteiger charge is 2.39. The lowest BCUT2D eigenvalue weighted by atomic mass is 10.0. The molecule has 2 saturated heterocycles. The number of aromatic nitrogens is 4. The number of fused-ring (bicyclic) bond motifs is 2. The van der Waals surface area contributed by atoms with Crippen LogP contribution in [0, 0.1) is 11.6 Å². The number of halogens is 2. The van der Waals surface area contributed by atoms with E-state index in [0.717, 1.165) is 30.0 Å².